The zero-order chi connectivity index (χ0) is 20.4. The third-order valence-electron chi connectivity index (χ3n) is 4.22. The molecule has 146 valence electrons. The first-order valence-electron chi connectivity index (χ1n) is 8.61. The second kappa shape index (κ2) is 7.34. The lowest BCUT2D eigenvalue weighted by molar-refractivity contribution is -0.137. The van der Waals surface area contributed by atoms with Crippen LogP contribution in [0.2, 0.25) is 0 Å². The second-order valence-corrected chi connectivity index (χ2v) is 6.22. The van der Waals surface area contributed by atoms with Crippen LogP contribution in [0.3, 0.4) is 0 Å². The zero-order valence-corrected chi connectivity index (χ0v) is 14.9. The number of alkyl halides is 3. The first-order valence-corrected chi connectivity index (χ1v) is 8.61. The maximum Gasteiger partial charge on any atom is 0.416 e. The summed E-state index contributed by atoms with van der Waals surface area (Å²) in [5.74, 6) is 0.617. The molecule has 6 nitrogen and oxygen atoms in total. The number of aromatic nitrogens is 5. The van der Waals surface area contributed by atoms with Crippen molar-refractivity contribution < 1.29 is 13.2 Å². The molecule has 3 aromatic heterocycles. The number of hydrogen-bond acceptors (Lipinski definition) is 4. The molecule has 0 saturated carbocycles. The Morgan fingerprint density at radius 1 is 1.00 bits per heavy atom. The summed E-state index contributed by atoms with van der Waals surface area (Å²) in [6, 6.07) is 13.0. The topological polar surface area (TPSA) is 65.6 Å². The van der Waals surface area contributed by atoms with Crippen molar-refractivity contribution in [3.63, 3.8) is 0 Å². The van der Waals surface area contributed by atoms with Crippen LogP contribution >= 0.6 is 0 Å². The summed E-state index contributed by atoms with van der Waals surface area (Å²) < 4.78 is 42.2. The van der Waals surface area contributed by atoms with E-state index < -0.39 is 11.7 Å². The number of nitrogens with zero attached hydrogens (tertiary/aromatic N) is 5. The summed E-state index contributed by atoms with van der Waals surface area (Å²) >= 11 is 0. The van der Waals surface area contributed by atoms with Crippen LogP contribution in [0, 0.1) is 0 Å². The lowest BCUT2D eigenvalue weighted by Gasteiger charge is -2.11. The van der Waals surface area contributed by atoms with Gasteiger partial charge in [0.05, 0.1) is 17.8 Å². The van der Waals surface area contributed by atoms with E-state index in [9.17, 15) is 18.0 Å². The summed E-state index contributed by atoms with van der Waals surface area (Å²) in [7, 11) is 0. The van der Waals surface area contributed by atoms with E-state index in [4.69, 9.17) is 0 Å². The predicted molar refractivity (Wildman–Crippen MR) is 99.4 cm³/mol. The Bertz CT molecular complexity index is 1200. The number of benzene rings is 1. The molecule has 1 aromatic carbocycles. The molecule has 0 spiro atoms. The lowest BCUT2D eigenvalue weighted by Crippen LogP contribution is -2.20. The fourth-order valence-electron chi connectivity index (χ4n) is 2.83. The van der Waals surface area contributed by atoms with Crippen molar-refractivity contribution in [2.45, 2.75) is 12.7 Å². The third-order valence-corrected chi connectivity index (χ3v) is 4.22. The summed E-state index contributed by atoms with van der Waals surface area (Å²) in [5, 5.41) is 4.38. The van der Waals surface area contributed by atoms with Gasteiger partial charge in [-0.25, -0.2) is 9.67 Å². The van der Waals surface area contributed by atoms with Crippen molar-refractivity contribution in [3.05, 3.63) is 94.9 Å². The Morgan fingerprint density at radius 2 is 1.86 bits per heavy atom. The van der Waals surface area contributed by atoms with Crippen LogP contribution < -0.4 is 5.56 Å². The van der Waals surface area contributed by atoms with Crippen LogP contribution in [-0.4, -0.2) is 24.3 Å². The molecule has 0 fully saturated rings. The van der Waals surface area contributed by atoms with Gasteiger partial charge in [0.2, 0.25) is 0 Å². The van der Waals surface area contributed by atoms with Gasteiger partial charge in [0, 0.05) is 30.2 Å². The molecular weight excluding hydrogens is 383 g/mol. The Kier molecular flexibility index (Phi) is 4.71. The summed E-state index contributed by atoms with van der Waals surface area (Å²) in [6.07, 6.45) is 0.249. The monoisotopic (exact) mass is 397 g/mol. The van der Waals surface area contributed by atoms with Gasteiger partial charge in [-0.3, -0.25) is 9.78 Å². The average molecular weight is 397 g/mol. The van der Waals surface area contributed by atoms with Gasteiger partial charge < -0.3 is 4.57 Å². The van der Waals surface area contributed by atoms with Crippen molar-refractivity contribution in [2.24, 2.45) is 0 Å². The maximum absolute atomic E-state index is 13.2. The molecule has 0 saturated heterocycles. The number of hydrogen-bond donors (Lipinski definition) is 0. The largest absolute Gasteiger partial charge is 0.416 e. The Hall–Kier alpha value is -3.75. The molecule has 0 N–H and O–H groups in total. The molecule has 4 aromatic rings. The van der Waals surface area contributed by atoms with Crippen molar-refractivity contribution in [1.82, 2.24) is 24.3 Å². The van der Waals surface area contributed by atoms with Gasteiger partial charge in [0.1, 0.15) is 0 Å². The van der Waals surface area contributed by atoms with Crippen LogP contribution in [-0.2, 0) is 12.7 Å². The smallest absolute Gasteiger partial charge is 0.308 e. The van der Waals surface area contributed by atoms with E-state index in [0.29, 0.717) is 17.2 Å². The Morgan fingerprint density at radius 3 is 2.59 bits per heavy atom. The molecule has 3 heterocycles. The van der Waals surface area contributed by atoms with E-state index >= 15 is 0 Å². The number of rotatable bonds is 4. The minimum Gasteiger partial charge on any atom is -0.308 e. The summed E-state index contributed by atoms with van der Waals surface area (Å²) in [4.78, 5) is 20.6. The molecule has 0 atom stereocenters. The molecule has 29 heavy (non-hydrogen) atoms. The highest BCUT2D eigenvalue weighted by Gasteiger charge is 2.31. The third kappa shape index (κ3) is 3.93. The Balaban J connectivity index is 1.85. The minimum atomic E-state index is -4.49. The van der Waals surface area contributed by atoms with Crippen molar-refractivity contribution in [1.29, 1.82) is 0 Å². The van der Waals surface area contributed by atoms with E-state index in [1.807, 2.05) is 0 Å². The van der Waals surface area contributed by atoms with Gasteiger partial charge in [-0.15, -0.1) is 5.10 Å². The highest BCUT2D eigenvalue weighted by atomic mass is 19.4. The summed E-state index contributed by atoms with van der Waals surface area (Å²) in [5.41, 5.74) is -0.244. The molecule has 0 amide bonds. The molecule has 0 unspecified atom stereocenters. The first kappa shape index (κ1) is 18.6. The van der Waals surface area contributed by atoms with Gasteiger partial charge in [-0.2, -0.15) is 13.2 Å². The molecule has 0 aliphatic rings. The SMILES string of the molecule is O=c1ccccn1Cc1nc(-c2cccnc2)nn1-c1cccc(C(F)(F)F)c1. The van der Waals surface area contributed by atoms with Crippen molar-refractivity contribution >= 4 is 0 Å². The van der Waals surface area contributed by atoms with Gasteiger partial charge in [-0.1, -0.05) is 12.1 Å². The van der Waals surface area contributed by atoms with Gasteiger partial charge >= 0.3 is 6.18 Å². The van der Waals surface area contributed by atoms with Crippen LogP contribution in [0.1, 0.15) is 11.4 Å². The minimum absolute atomic E-state index is 0.0448. The molecule has 9 heteroatoms. The maximum atomic E-state index is 13.2. The molecule has 0 aliphatic carbocycles. The van der Waals surface area contributed by atoms with Crippen LogP contribution in [0.4, 0.5) is 13.2 Å². The zero-order valence-electron chi connectivity index (χ0n) is 14.9. The van der Waals surface area contributed by atoms with E-state index in [1.54, 1.807) is 42.9 Å². The molecule has 4 rings (SSSR count). The second-order valence-electron chi connectivity index (χ2n) is 6.22. The van der Waals surface area contributed by atoms with E-state index in [0.717, 1.165) is 12.1 Å². The van der Waals surface area contributed by atoms with E-state index in [-0.39, 0.29) is 17.8 Å². The van der Waals surface area contributed by atoms with E-state index in [1.165, 1.54) is 27.4 Å². The fraction of sp³-hybridized carbons (Fsp3) is 0.100. The normalized spacial score (nSPS) is 11.6. The lowest BCUT2D eigenvalue weighted by atomic mass is 10.2. The van der Waals surface area contributed by atoms with Crippen LogP contribution in [0.15, 0.2) is 78.0 Å². The van der Waals surface area contributed by atoms with Crippen molar-refractivity contribution in [2.75, 3.05) is 0 Å². The highest BCUT2D eigenvalue weighted by Crippen LogP contribution is 2.30. The number of halogens is 3. The average Bonchev–Trinajstić information content (AvgIpc) is 3.14. The van der Waals surface area contributed by atoms with Gasteiger partial charge in [0.15, 0.2) is 11.6 Å². The summed E-state index contributed by atoms with van der Waals surface area (Å²) in [6.45, 7) is 0.0448. The van der Waals surface area contributed by atoms with Crippen molar-refractivity contribution in [3.8, 4) is 17.1 Å². The fourth-order valence-corrected chi connectivity index (χ4v) is 2.83. The predicted octanol–water partition coefficient (Wildman–Crippen LogP) is 3.56. The van der Waals surface area contributed by atoms with Crippen LogP contribution in [0.5, 0.6) is 0 Å². The Labute approximate surface area is 162 Å². The highest BCUT2D eigenvalue weighted by molar-refractivity contribution is 5.53. The first-order chi connectivity index (χ1) is 13.9. The molecule has 0 radical (unpaired) electrons. The standard InChI is InChI=1S/C20H14F3N5O/c21-20(22,23)15-6-3-7-16(11-15)28-17(13-27-10-2-1-8-18(27)29)25-19(26-28)14-5-4-9-24-12-14/h1-12H,13H2. The quantitative estimate of drug-likeness (QED) is 0.528. The van der Waals surface area contributed by atoms with Crippen LogP contribution in [0.25, 0.3) is 17.1 Å². The molecule has 0 bridgehead atoms. The molecule has 0 aliphatic heterocycles. The van der Waals surface area contributed by atoms with Gasteiger partial charge in [0.25, 0.3) is 5.56 Å². The number of pyridine rings is 2. The van der Waals surface area contributed by atoms with Gasteiger partial charge in [-0.05, 0) is 36.4 Å². The van der Waals surface area contributed by atoms with E-state index in [2.05, 4.69) is 15.1 Å². The molecular formula is C20H14F3N5O.